The fourth-order valence-corrected chi connectivity index (χ4v) is 3.77. The van der Waals surface area contributed by atoms with Crippen LogP contribution in [0.3, 0.4) is 0 Å². The van der Waals surface area contributed by atoms with Gasteiger partial charge in [-0.3, -0.25) is 9.78 Å². The lowest BCUT2D eigenvalue weighted by Crippen LogP contribution is -2.49. The zero-order chi connectivity index (χ0) is 17.2. The molecule has 1 unspecified atom stereocenters. The van der Waals surface area contributed by atoms with Crippen LogP contribution < -0.4 is 5.32 Å². The number of carbonyl (C=O) groups excluding carboxylic acids is 1. The first-order chi connectivity index (χ1) is 11.4. The number of hydrogen-bond acceptors (Lipinski definition) is 5. The molecule has 24 heavy (non-hydrogen) atoms. The molecule has 0 radical (unpaired) electrons. The van der Waals surface area contributed by atoms with Crippen molar-refractivity contribution in [2.24, 2.45) is 0 Å². The number of nitrogens with one attached hydrogen (secondary N) is 1. The zero-order valence-corrected chi connectivity index (χ0v) is 15.3. The van der Waals surface area contributed by atoms with Crippen molar-refractivity contribution in [1.82, 2.24) is 20.2 Å². The lowest BCUT2D eigenvalue weighted by molar-refractivity contribution is -0.133. The molecule has 1 saturated heterocycles. The molecule has 3 heterocycles. The molecule has 1 aliphatic rings. The van der Waals surface area contributed by atoms with Gasteiger partial charge >= 0.3 is 0 Å². The van der Waals surface area contributed by atoms with E-state index in [1.54, 1.807) is 17.5 Å². The maximum Gasteiger partial charge on any atom is 0.229 e. The lowest BCUT2D eigenvalue weighted by Gasteiger charge is -2.36. The molecule has 6 heteroatoms. The molecule has 1 aliphatic heterocycles. The minimum Gasteiger partial charge on any atom is -0.333 e. The van der Waals surface area contributed by atoms with E-state index in [9.17, 15) is 4.79 Å². The Labute approximate surface area is 147 Å². The maximum absolute atomic E-state index is 12.9. The Balaban J connectivity index is 1.74. The van der Waals surface area contributed by atoms with Gasteiger partial charge in [-0.2, -0.15) is 0 Å². The molecule has 0 spiro atoms. The van der Waals surface area contributed by atoms with Crippen LogP contribution in [-0.4, -0.2) is 40.4 Å². The van der Waals surface area contributed by atoms with Crippen LogP contribution in [0.15, 0.2) is 29.9 Å². The van der Waals surface area contributed by atoms with Gasteiger partial charge in [0.05, 0.1) is 23.2 Å². The largest absolute Gasteiger partial charge is 0.333 e. The van der Waals surface area contributed by atoms with Gasteiger partial charge in [0.15, 0.2) is 0 Å². The third-order valence-corrected chi connectivity index (χ3v) is 5.48. The number of aromatic nitrogens is 2. The molecule has 0 aliphatic carbocycles. The second-order valence-corrected chi connectivity index (χ2v) is 8.02. The first kappa shape index (κ1) is 17.0. The molecule has 1 amide bonds. The van der Waals surface area contributed by atoms with E-state index in [1.165, 1.54) is 0 Å². The summed E-state index contributed by atoms with van der Waals surface area (Å²) in [6.45, 7) is 8.74. The van der Waals surface area contributed by atoms with Crippen LogP contribution in [0.2, 0.25) is 0 Å². The molecule has 5 nitrogen and oxygen atoms in total. The number of nitrogens with zero attached hydrogens (tertiary/aromatic N) is 3. The van der Waals surface area contributed by atoms with E-state index in [2.05, 4.69) is 36.1 Å². The molecule has 0 aromatic carbocycles. The van der Waals surface area contributed by atoms with Crippen molar-refractivity contribution >= 4 is 17.2 Å². The standard InChI is InChI=1S/C18H24N4OS/c1-18(2,3)17-21-14(12-24-17)9-16(23)22-8-7-20-11-15(22)13-5-4-6-19-10-13/h4-6,10,12,15,20H,7-9,11H2,1-3H3. The van der Waals surface area contributed by atoms with Gasteiger partial charge in [-0.15, -0.1) is 11.3 Å². The van der Waals surface area contributed by atoms with Crippen molar-refractivity contribution in [1.29, 1.82) is 0 Å². The Kier molecular flexibility index (Phi) is 4.96. The molecule has 1 fully saturated rings. The monoisotopic (exact) mass is 344 g/mol. The highest BCUT2D eigenvalue weighted by Crippen LogP contribution is 2.27. The average molecular weight is 344 g/mol. The van der Waals surface area contributed by atoms with E-state index >= 15 is 0 Å². The average Bonchev–Trinajstić information content (AvgIpc) is 3.04. The summed E-state index contributed by atoms with van der Waals surface area (Å²) in [7, 11) is 0. The Bertz CT molecular complexity index is 693. The van der Waals surface area contributed by atoms with Crippen molar-refractivity contribution in [2.45, 2.75) is 38.6 Å². The summed E-state index contributed by atoms with van der Waals surface area (Å²) in [6.07, 6.45) is 3.97. The molecule has 0 saturated carbocycles. The van der Waals surface area contributed by atoms with Gasteiger partial charge in [0.2, 0.25) is 5.91 Å². The van der Waals surface area contributed by atoms with Crippen LogP contribution in [0.4, 0.5) is 0 Å². The molecular formula is C18H24N4OS. The highest BCUT2D eigenvalue weighted by molar-refractivity contribution is 7.09. The highest BCUT2D eigenvalue weighted by atomic mass is 32.1. The van der Waals surface area contributed by atoms with Gasteiger partial charge in [0.25, 0.3) is 0 Å². The summed E-state index contributed by atoms with van der Waals surface area (Å²) in [5.74, 6) is 0.135. The van der Waals surface area contributed by atoms with E-state index < -0.39 is 0 Å². The van der Waals surface area contributed by atoms with Gasteiger partial charge in [0, 0.05) is 42.8 Å². The molecule has 2 aromatic heterocycles. The molecule has 1 N–H and O–H groups in total. The van der Waals surface area contributed by atoms with Crippen molar-refractivity contribution in [3.8, 4) is 0 Å². The number of piperazine rings is 1. The van der Waals surface area contributed by atoms with Crippen molar-refractivity contribution in [3.05, 3.63) is 46.2 Å². The number of amides is 1. The van der Waals surface area contributed by atoms with Gasteiger partial charge < -0.3 is 10.2 Å². The lowest BCUT2D eigenvalue weighted by atomic mass is 9.98. The first-order valence-electron chi connectivity index (χ1n) is 8.30. The number of pyridine rings is 1. The Hall–Kier alpha value is -1.79. The van der Waals surface area contributed by atoms with Gasteiger partial charge in [-0.1, -0.05) is 26.8 Å². The predicted molar refractivity (Wildman–Crippen MR) is 96.1 cm³/mol. The third-order valence-electron chi connectivity index (χ3n) is 4.16. The predicted octanol–water partition coefficient (Wildman–Crippen LogP) is 2.55. The van der Waals surface area contributed by atoms with E-state index in [0.717, 1.165) is 29.4 Å². The van der Waals surface area contributed by atoms with Crippen LogP contribution in [0.5, 0.6) is 0 Å². The summed E-state index contributed by atoms with van der Waals surface area (Å²) >= 11 is 1.64. The summed E-state index contributed by atoms with van der Waals surface area (Å²) in [5, 5.41) is 6.46. The van der Waals surface area contributed by atoms with Gasteiger partial charge in [-0.25, -0.2) is 4.98 Å². The van der Waals surface area contributed by atoms with Crippen LogP contribution in [0, 0.1) is 0 Å². The van der Waals surface area contributed by atoms with Gasteiger partial charge in [-0.05, 0) is 11.6 Å². The number of thiazole rings is 1. The SMILES string of the molecule is CC(C)(C)c1nc(CC(=O)N2CCNCC2c2cccnc2)cs1. The summed E-state index contributed by atoms with van der Waals surface area (Å²) in [4.78, 5) is 23.7. The summed E-state index contributed by atoms with van der Waals surface area (Å²) in [5.41, 5.74) is 1.98. The first-order valence-corrected chi connectivity index (χ1v) is 9.18. The zero-order valence-electron chi connectivity index (χ0n) is 14.5. The smallest absolute Gasteiger partial charge is 0.229 e. The minimum atomic E-state index is 0.0270. The van der Waals surface area contributed by atoms with Crippen LogP contribution >= 0.6 is 11.3 Å². The second kappa shape index (κ2) is 6.99. The molecular weight excluding hydrogens is 320 g/mol. The number of rotatable bonds is 3. The fourth-order valence-electron chi connectivity index (χ4n) is 2.86. The van der Waals surface area contributed by atoms with E-state index in [1.807, 2.05) is 28.6 Å². The molecule has 1 atom stereocenters. The van der Waals surface area contributed by atoms with E-state index in [4.69, 9.17) is 0 Å². The molecule has 3 rings (SSSR count). The van der Waals surface area contributed by atoms with E-state index in [0.29, 0.717) is 13.0 Å². The molecule has 0 bridgehead atoms. The number of hydrogen-bond donors (Lipinski definition) is 1. The Morgan fingerprint density at radius 3 is 2.96 bits per heavy atom. The molecule has 2 aromatic rings. The molecule has 128 valence electrons. The highest BCUT2D eigenvalue weighted by Gasteiger charge is 2.28. The maximum atomic E-state index is 12.9. The van der Waals surface area contributed by atoms with Crippen LogP contribution in [0.25, 0.3) is 0 Å². The fraction of sp³-hybridized carbons (Fsp3) is 0.500. The van der Waals surface area contributed by atoms with Crippen molar-refractivity contribution in [3.63, 3.8) is 0 Å². The topological polar surface area (TPSA) is 58.1 Å². The van der Waals surface area contributed by atoms with E-state index in [-0.39, 0.29) is 17.4 Å². The Morgan fingerprint density at radius 2 is 2.29 bits per heavy atom. The number of carbonyl (C=O) groups is 1. The quantitative estimate of drug-likeness (QED) is 0.930. The van der Waals surface area contributed by atoms with Crippen LogP contribution in [-0.2, 0) is 16.6 Å². The van der Waals surface area contributed by atoms with Gasteiger partial charge in [0.1, 0.15) is 0 Å². The van der Waals surface area contributed by atoms with Crippen LogP contribution in [0.1, 0.15) is 43.1 Å². The Morgan fingerprint density at radius 1 is 1.46 bits per heavy atom. The minimum absolute atomic E-state index is 0.0270. The normalized spacial score (nSPS) is 18.6. The van der Waals surface area contributed by atoms with Crippen molar-refractivity contribution < 1.29 is 4.79 Å². The summed E-state index contributed by atoms with van der Waals surface area (Å²) < 4.78 is 0. The summed E-state index contributed by atoms with van der Waals surface area (Å²) in [6, 6.07) is 3.99. The second-order valence-electron chi connectivity index (χ2n) is 7.16. The van der Waals surface area contributed by atoms with Crippen molar-refractivity contribution in [2.75, 3.05) is 19.6 Å². The third kappa shape index (κ3) is 3.82.